The van der Waals surface area contributed by atoms with Crippen LogP contribution in [0, 0.1) is 10.1 Å². The molecule has 0 saturated carbocycles. The largest absolute Gasteiger partial charge is 0.481 e. The number of benzene rings is 2. The molecular formula is C17H15N3O5. The zero-order valence-corrected chi connectivity index (χ0v) is 13.2. The van der Waals surface area contributed by atoms with Crippen LogP contribution in [0.3, 0.4) is 0 Å². The maximum absolute atomic E-state index is 12.7. The summed E-state index contributed by atoms with van der Waals surface area (Å²) in [7, 11) is 0. The van der Waals surface area contributed by atoms with Gasteiger partial charge in [-0.2, -0.15) is 0 Å². The predicted molar refractivity (Wildman–Crippen MR) is 90.6 cm³/mol. The number of aryl methyl sites for hydroxylation is 1. The SMILES string of the molecule is O=C(O)CCn1c2ccc([N+](=O)[O-])cc2c(=O)n1Cc1ccccc1. The summed E-state index contributed by atoms with van der Waals surface area (Å²) in [5, 5.41) is 20.1. The van der Waals surface area contributed by atoms with E-state index in [4.69, 9.17) is 5.11 Å². The first-order chi connectivity index (χ1) is 12.0. The molecule has 0 radical (unpaired) electrons. The van der Waals surface area contributed by atoms with Crippen LogP contribution >= 0.6 is 0 Å². The molecule has 2 aromatic carbocycles. The van der Waals surface area contributed by atoms with Gasteiger partial charge in [0.1, 0.15) is 0 Å². The fourth-order valence-electron chi connectivity index (χ4n) is 2.77. The van der Waals surface area contributed by atoms with Gasteiger partial charge in [0.05, 0.1) is 35.3 Å². The third kappa shape index (κ3) is 3.27. The van der Waals surface area contributed by atoms with E-state index in [1.54, 1.807) is 4.68 Å². The number of aromatic nitrogens is 2. The number of rotatable bonds is 6. The molecule has 25 heavy (non-hydrogen) atoms. The summed E-state index contributed by atoms with van der Waals surface area (Å²) in [6.45, 7) is 0.348. The number of carboxylic acids is 1. The predicted octanol–water partition coefficient (Wildman–Crippen LogP) is 2.23. The van der Waals surface area contributed by atoms with Crippen LogP contribution < -0.4 is 5.56 Å². The first-order valence-electron chi connectivity index (χ1n) is 7.61. The van der Waals surface area contributed by atoms with Gasteiger partial charge >= 0.3 is 5.97 Å². The number of non-ortho nitro benzene ring substituents is 1. The Balaban J connectivity index is 2.16. The van der Waals surface area contributed by atoms with Crippen LogP contribution in [0.4, 0.5) is 5.69 Å². The van der Waals surface area contributed by atoms with Crippen LogP contribution in [-0.2, 0) is 17.9 Å². The molecule has 0 aliphatic rings. The minimum atomic E-state index is -0.984. The van der Waals surface area contributed by atoms with Crippen molar-refractivity contribution in [3.63, 3.8) is 0 Å². The molecule has 1 aromatic heterocycles. The summed E-state index contributed by atoms with van der Waals surface area (Å²) >= 11 is 0. The summed E-state index contributed by atoms with van der Waals surface area (Å²) < 4.78 is 3.00. The first kappa shape index (κ1) is 16.4. The molecule has 3 rings (SSSR count). The van der Waals surface area contributed by atoms with Gasteiger partial charge in [-0.05, 0) is 11.6 Å². The van der Waals surface area contributed by atoms with Crippen molar-refractivity contribution in [1.82, 2.24) is 9.36 Å². The molecule has 0 aliphatic heterocycles. The van der Waals surface area contributed by atoms with Gasteiger partial charge in [-0.15, -0.1) is 0 Å². The lowest BCUT2D eigenvalue weighted by atomic mass is 10.2. The number of nitro benzene ring substituents is 1. The van der Waals surface area contributed by atoms with Gasteiger partial charge in [-0.3, -0.25) is 24.4 Å². The van der Waals surface area contributed by atoms with Crippen LogP contribution in [-0.4, -0.2) is 25.4 Å². The number of aliphatic carboxylic acids is 1. The Morgan fingerprint density at radius 1 is 1.12 bits per heavy atom. The van der Waals surface area contributed by atoms with Gasteiger partial charge in [0.15, 0.2) is 0 Å². The van der Waals surface area contributed by atoms with Crippen molar-refractivity contribution in [3.05, 3.63) is 74.6 Å². The Morgan fingerprint density at radius 2 is 1.84 bits per heavy atom. The van der Waals surface area contributed by atoms with E-state index in [2.05, 4.69) is 0 Å². The van der Waals surface area contributed by atoms with Crippen molar-refractivity contribution in [2.24, 2.45) is 0 Å². The molecule has 0 saturated heterocycles. The van der Waals surface area contributed by atoms with E-state index >= 15 is 0 Å². The second kappa shape index (κ2) is 6.60. The molecule has 1 heterocycles. The smallest absolute Gasteiger partial charge is 0.305 e. The molecule has 0 fully saturated rings. The summed E-state index contributed by atoms with van der Waals surface area (Å²) in [5.41, 5.74) is 0.797. The van der Waals surface area contributed by atoms with Gasteiger partial charge in [0, 0.05) is 12.1 Å². The molecule has 8 nitrogen and oxygen atoms in total. The minimum absolute atomic E-state index is 0.0960. The number of nitro groups is 1. The third-order valence-corrected chi connectivity index (χ3v) is 3.94. The fraction of sp³-hybridized carbons (Fsp3) is 0.176. The van der Waals surface area contributed by atoms with Gasteiger partial charge in [-0.25, -0.2) is 4.68 Å². The highest BCUT2D eigenvalue weighted by molar-refractivity contribution is 5.81. The van der Waals surface area contributed by atoms with Crippen LogP contribution in [0.25, 0.3) is 10.9 Å². The van der Waals surface area contributed by atoms with E-state index in [9.17, 15) is 19.7 Å². The maximum Gasteiger partial charge on any atom is 0.305 e. The lowest BCUT2D eigenvalue weighted by molar-refractivity contribution is -0.384. The zero-order chi connectivity index (χ0) is 18.0. The fourth-order valence-corrected chi connectivity index (χ4v) is 2.77. The van der Waals surface area contributed by atoms with Gasteiger partial charge in [0.2, 0.25) is 0 Å². The Morgan fingerprint density at radius 3 is 2.48 bits per heavy atom. The molecule has 8 heteroatoms. The lowest BCUT2D eigenvalue weighted by Gasteiger charge is -2.12. The standard InChI is InChI=1S/C17H15N3O5/c21-16(22)8-9-18-15-7-6-13(20(24)25)10-14(15)17(23)19(18)11-12-4-2-1-3-5-12/h1-7,10H,8-9,11H2,(H,21,22). The van der Waals surface area contributed by atoms with Crippen LogP contribution in [0.15, 0.2) is 53.3 Å². The molecular weight excluding hydrogens is 326 g/mol. The minimum Gasteiger partial charge on any atom is -0.481 e. The highest BCUT2D eigenvalue weighted by atomic mass is 16.6. The molecule has 1 N–H and O–H groups in total. The average molecular weight is 341 g/mol. The van der Waals surface area contributed by atoms with Gasteiger partial charge in [0.25, 0.3) is 11.2 Å². The van der Waals surface area contributed by atoms with Crippen molar-refractivity contribution >= 4 is 22.6 Å². The van der Waals surface area contributed by atoms with Gasteiger partial charge < -0.3 is 5.11 Å². The van der Waals surface area contributed by atoms with Crippen molar-refractivity contribution in [1.29, 1.82) is 0 Å². The molecule has 0 amide bonds. The van der Waals surface area contributed by atoms with E-state index in [1.807, 2.05) is 30.3 Å². The van der Waals surface area contributed by atoms with Crippen molar-refractivity contribution < 1.29 is 14.8 Å². The Bertz CT molecular complexity index is 1000. The summed E-state index contributed by atoms with van der Waals surface area (Å²) in [4.78, 5) is 34.1. The van der Waals surface area contributed by atoms with Crippen LogP contribution in [0.5, 0.6) is 0 Å². The van der Waals surface area contributed by atoms with Crippen molar-refractivity contribution in [2.75, 3.05) is 0 Å². The second-order valence-electron chi connectivity index (χ2n) is 5.57. The first-order valence-corrected chi connectivity index (χ1v) is 7.61. The van der Waals surface area contributed by atoms with Crippen LogP contribution in [0.2, 0.25) is 0 Å². The molecule has 0 bridgehead atoms. The lowest BCUT2D eigenvalue weighted by Crippen LogP contribution is -2.24. The Kier molecular flexibility index (Phi) is 4.34. The Labute approximate surface area is 141 Å². The number of carboxylic acid groups (broad SMARTS) is 1. The monoisotopic (exact) mass is 341 g/mol. The summed E-state index contributed by atoms with van der Waals surface area (Å²) in [6.07, 6.45) is -0.158. The molecule has 3 aromatic rings. The number of carbonyl (C=O) groups is 1. The summed E-state index contributed by atoms with van der Waals surface area (Å²) in [6, 6.07) is 13.3. The third-order valence-electron chi connectivity index (χ3n) is 3.94. The summed E-state index contributed by atoms with van der Waals surface area (Å²) in [5.74, 6) is -0.984. The topological polar surface area (TPSA) is 107 Å². The van der Waals surface area contributed by atoms with E-state index < -0.39 is 10.9 Å². The highest BCUT2D eigenvalue weighted by Gasteiger charge is 2.17. The molecule has 128 valence electrons. The van der Waals surface area contributed by atoms with Gasteiger partial charge in [-0.1, -0.05) is 30.3 Å². The molecule has 0 spiro atoms. The average Bonchev–Trinajstić information content (AvgIpc) is 2.85. The number of hydrogen-bond acceptors (Lipinski definition) is 4. The van der Waals surface area contributed by atoms with E-state index in [0.29, 0.717) is 5.52 Å². The van der Waals surface area contributed by atoms with Crippen molar-refractivity contribution in [3.8, 4) is 0 Å². The van der Waals surface area contributed by atoms with E-state index in [1.165, 1.54) is 22.9 Å². The highest BCUT2D eigenvalue weighted by Crippen LogP contribution is 2.20. The Hall–Kier alpha value is -3.42. The number of fused-ring (bicyclic) bond motifs is 1. The quantitative estimate of drug-likeness (QED) is 0.546. The number of nitrogens with zero attached hydrogens (tertiary/aromatic N) is 3. The number of hydrogen-bond donors (Lipinski definition) is 1. The van der Waals surface area contributed by atoms with E-state index in [0.717, 1.165) is 5.56 Å². The zero-order valence-electron chi connectivity index (χ0n) is 13.2. The molecule has 0 aliphatic carbocycles. The normalized spacial score (nSPS) is 10.9. The van der Waals surface area contributed by atoms with Crippen LogP contribution in [0.1, 0.15) is 12.0 Å². The molecule has 0 unspecified atom stereocenters. The van der Waals surface area contributed by atoms with Crippen molar-refractivity contribution in [2.45, 2.75) is 19.5 Å². The molecule has 0 atom stereocenters. The maximum atomic E-state index is 12.7. The van der Waals surface area contributed by atoms with E-state index in [-0.39, 0.29) is 36.1 Å². The second-order valence-corrected chi connectivity index (χ2v) is 5.57.